The molecule has 1 fully saturated rings. The van der Waals surface area contributed by atoms with Gasteiger partial charge in [0.25, 0.3) is 0 Å². The molecular formula is C25H26O7. The van der Waals surface area contributed by atoms with Crippen LogP contribution in [0.3, 0.4) is 0 Å². The Labute approximate surface area is 186 Å². The van der Waals surface area contributed by atoms with Gasteiger partial charge in [-0.15, -0.1) is 0 Å². The molecule has 32 heavy (non-hydrogen) atoms. The highest BCUT2D eigenvalue weighted by Crippen LogP contribution is 2.50. The molecular weight excluding hydrogens is 412 g/mol. The van der Waals surface area contributed by atoms with Crippen LogP contribution in [-0.4, -0.2) is 47.9 Å². The van der Waals surface area contributed by atoms with Gasteiger partial charge in [0.1, 0.15) is 24.2 Å². The second-order valence-electron chi connectivity index (χ2n) is 8.13. The third-order valence-electron chi connectivity index (χ3n) is 5.62. The van der Waals surface area contributed by atoms with Crippen molar-refractivity contribution in [3.63, 3.8) is 0 Å². The molecule has 1 unspecified atom stereocenters. The van der Waals surface area contributed by atoms with Crippen LogP contribution in [0.2, 0.25) is 0 Å². The first-order valence-corrected chi connectivity index (χ1v) is 10.2. The maximum atomic E-state index is 11.1. The van der Waals surface area contributed by atoms with Gasteiger partial charge in [-0.3, -0.25) is 0 Å². The molecule has 0 radical (unpaired) electrons. The molecule has 3 aromatic rings. The minimum absolute atomic E-state index is 0.0116. The molecule has 3 N–H and O–H groups in total. The van der Waals surface area contributed by atoms with Gasteiger partial charge in [-0.2, -0.15) is 0 Å². The quantitative estimate of drug-likeness (QED) is 0.459. The van der Waals surface area contributed by atoms with Crippen LogP contribution in [-0.2, 0) is 4.74 Å². The Morgan fingerprint density at radius 2 is 1.53 bits per heavy atom. The monoisotopic (exact) mass is 438 g/mol. The first-order valence-electron chi connectivity index (χ1n) is 10.2. The maximum Gasteiger partial charge on any atom is 0.170 e. The normalized spacial score (nSPS) is 16.4. The lowest BCUT2D eigenvalue weighted by Crippen LogP contribution is -2.12. The van der Waals surface area contributed by atoms with Crippen molar-refractivity contribution in [3.05, 3.63) is 48.5 Å². The molecule has 0 saturated carbocycles. The Balaban J connectivity index is 1.71. The van der Waals surface area contributed by atoms with Gasteiger partial charge < -0.3 is 34.3 Å². The van der Waals surface area contributed by atoms with E-state index in [0.717, 1.165) is 5.56 Å². The first-order chi connectivity index (χ1) is 15.2. The van der Waals surface area contributed by atoms with Crippen LogP contribution < -0.4 is 14.2 Å². The van der Waals surface area contributed by atoms with Gasteiger partial charge in [0.15, 0.2) is 23.0 Å². The van der Waals surface area contributed by atoms with E-state index in [2.05, 4.69) is 0 Å². The number of phenols is 3. The minimum Gasteiger partial charge on any atom is -0.508 e. The predicted molar refractivity (Wildman–Crippen MR) is 120 cm³/mol. The smallest absolute Gasteiger partial charge is 0.170 e. The Bertz CT molecular complexity index is 1140. The number of aromatic hydroxyl groups is 3. The fourth-order valence-corrected chi connectivity index (χ4v) is 3.66. The summed E-state index contributed by atoms with van der Waals surface area (Å²) in [7, 11) is 2.96. The highest BCUT2D eigenvalue weighted by Gasteiger charge is 2.48. The average Bonchev–Trinajstić information content (AvgIpc) is 3.39. The van der Waals surface area contributed by atoms with Gasteiger partial charge in [-0.1, -0.05) is 18.2 Å². The topological polar surface area (TPSA) is 101 Å². The SMILES string of the molecule is COc1cc(-c2ccc(O)cc2)c(OC)c(O)c1-c1ccc(OCC2OC2(C)C)c(O)c1. The van der Waals surface area contributed by atoms with Crippen LogP contribution in [0.1, 0.15) is 13.8 Å². The fourth-order valence-electron chi connectivity index (χ4n) is 3.66. The molecule has 0 amide bonds. The molecule has 1 saturated heterocycles. The lowest BCUT2D eigenvalue weighted by atomic mass is 9.96. The number of hydrogen-bond acceptors (Lipinski definition) is 7. The molecule has 0 aromatic heterocycles. The van der Waals surface area contributed by atoms with Crippen molar-refractivity contribution < 1.29 is 34.3 Å². The van der Waals surface area contributed by atoms with E-state index in [1.54, 1.807) is 42.5 Å². The Morgan fingerprint density at radius 1 is 0.875 bits per heavy atom. The van der Waals surface area contributed by atoms with Gasteiger partial charge in [0, 0.05) is 5.56 Å². The highest BCUT2D eigenvalue weighted by atomic mass is 16.6. The lowest BCUT2D eigenvalue weighted by Gasteiger charge is -2.18. The zero-order chi connectivity index (χ0) is 23.0. The zero-order valence-corrected chi connectivity index (χ0v) is 18.4. The molecule has 0 bridgehead atoms. The molecule has 7 heteroatoms. The number of ether oxygens (including phenoxy) is 4. The average molecular weight is 438 g/mol. The van der Waals surface area contributed by atoms with Crippen molar-refractivity contribution >= 4 is 0 Å². The Morgan fingerprint density at radius 3 is 2.09 bits per heavy atom. The fraction of sp³-hybridized carbons (Fsp3) is 0.280. The summed E-state index contributed by atoms with van der Waals surface area (Å²) in [6.07, 6.45) is -0.0116. The number of benzene rings is 3. The van der Waals surface area contributed by atoms with Crippen LogP contribution in [0.15, 0.2) is 48.5 Å². The maximum absolute atomic E-state index is 11.1. The summed E-state index contributed by atoms with van der Waals surface area (Å²) in [5, 5.41) is 31.2. The summed E-state index contributed by atoms with van der Waals surface area (Å²) in [5.74, 6) is 0.911. The summed E-state index contributed by atoms with van der Waals surface area (Å²) >= 11 is 0. The third kappa shape index (κ3) is 3.99. The number of hydrogen-bond donors (Lipinski definition) is 3. The number of phenolic OH excluding ortho intramolecular Hbond substituents is 3. The van der Waals surface area contributed by atoms with Crippen molar-refractivity contribution in [2.45, 2.75) is 25.6 Å². The van der Waals surface area contributed by atoms with E-state index in [1.807, 2.05) is 13.8 Å². The largest absolute Gasteiger partial charge is 0.508 e. The van der Waals surface area contributed by atoms with E-state index >= 15 is 0 Å². The van der Waals surface area contributed by atoms with Gasteiger partial charge >= 0.3 is 0 Å². The zero-order valence-electron chi connectivity index (χ0n) is 18.4. The molecule has 168 valence electrons. The summed E-state index contributed by atoms with van der Waals surface area (Å²) in [6.45, 7) is 4.30. The molecule has 1 atom stereocenters. The molecule has 0 aliphatic carbocycles. The standard InChI is InChI=1S/C25H26O7/c1-25(2)21(32-25)13-31-19-10-7-15(11-18(19)27)22-20(29-3)12-17(24(30-4)23(22)28)14-5-8-16(26)9-6-14/h5-12,21,26-28H,13H2,1-4H3. The molecule has 3 aromatic carbocycles. The molecule has 1 aliphatic rings. The summed E-state index contributed by atoms with van der Waals surface area (Å²) in [6, 6.07) is 13.2. The van der Waals surface area contributed by atoms with E-state index in [0.29, 0.717) is 34.8 Å². The molecule has 1 heterocycles. The summed E-state index contributed by atoms with van der Waals surface area (Å²) in [4.78, 5) is 0. The lowest BCUT2D eigenvalue weighted by molar-refractivity contribution is 0.247. The predicted octanol–water partition coefficient (Wildman–Crippen LogP) is 4.71. The molecule has 1 aliphatic heterocycles. The second kappa shape index (κ2) is 8.16. The van der Waals surface area contributed by atoms with E-state index < -0.39 is 0 Å². The Hall–Kier alpha value is -3.58. The summed E-state index contributed by atoms with van der Waals surface area (Å²) in [5.41, 5.74) is 2.03. The molecule has 0 spiro atoms. The first kappa shape index (κ1) is 21.6. The van der Waals surface area contributed by atoms with Crippen LogP contribution >= 0.6 is 0 Å². The van der Waals surface area contributed by atoms with Crippen LogP contribution in [0.5, 0.6) is 34.5 Å². The molecule has 4 rings (SSSR count). The summed E-state index contributed by atoms with van der Waals surface area (Å²) < 4.78 is 22.2. The number of rotatable bonds is 7. The van der Waals surface area contributed by atoms with Crippen LogP contribution in [0, 0.1) is 0 Å². The van der Waals surface area contributed by atoms with Crippen LogP contribution in [0.4, 0.5) is 0 Å². The third-order valence-corrected chi connectivity index (χ3v) is 5.62. The van der Waals surface area contributed by atoms with E-state index in [4.69, 9.17) is 18.9 Å². The minimum atomic E-state index is -0.204. The van der Waals surface area contributed by atoms with Crippen molar-refractivity contribution in [3.8, 4) is 56.8 Å². The highest BCUT2D eigenvalue weighted by molar-refractivity contribution is 5.88. The van der Waals surface area contributed by atoms with Crippen molar-refractivity contribution in [1.29, 1.82) is 0 Å². The van der Waals surface area contributed by atoms with E-state index in [9.17, 15) is 15.3 Å². The van der Waals surface area contributed by atoms with Gasteiger partial charge in [0.2, 0.25) is 0 Å². The van der Waals surface area contributed by atoms with Gasteiger partial charge in [-0.05, 0) is 55.3 Å². The van der Waals surface area contributed by atoms with Gasteiger partial charge in [0.05, 0.1) is 25.4 Å². The van der Waals surface area contributed by atoms with E-state index in [1.165, 1.54) is 20.3 Å². The van der Waals surface area contributed by atoms with E-state index in [-0.39, 0.29) is 34.7 Å². The molecule has 7 nitrogen and oxygen atoms in total. The number of methoxy groups -OCH3 is 2. The van der Waals surface area contributed by atoms with Crippen molar-refractivity contribution in [2.75, 3.05) is 20.8 Å². The van der Waals surface area contributed by atoms with Gasteiger partial charge in [-0.25, -0.2) is 0 Å². The van der Waals surface area contributed by atoms with Crippen LogP contribution in [0.25, 0.3) is 22.3 Å². The van der Waals surface area contributed by atoms with Crippen molar-refractivity contribution in [2.24, 2.45) is 0 Å². The second-order valence-corrected chi connectivity index (χ2v) is 8.13. The Kier molecular flexibility index (Phi) is 5.52. The van der Waals surface area contributed by atoms with Crippen molar-refractivity contribution in [1.82, 2.24) is 0 Å². The number of epoxide rings is 1.